The van der Waals surface area contributed by atoms with Crippen LogP contribution in [-0.2, 0) is 14.8 Å². The first-order valence-corrected chi connectivity index (χ1v) is 12.1. The zero-order chi connectivity index (χ0) is 21.6. The molecule has 1 heterocycles. The molecular formula is C21H26N2O5S2. The third-order valence-electron chi connectivity index (χ3n) is 4.70. The van der Waals surface area contributed by atoms with Crippen molar-refractivity contribution in [1.29, 1.82) is 0 Å². The molecule has 0 unspecified atom stereocenters. The van der Waals surface area contributed by atoms with Crippen molar-refractivity contribution >= 4 is 27.7 Å². The van der Waals surface area contributed by atoms with Gasteiger partial charge in [-0.15, -0.1) is 11.8 Å². The van der Waals surface area contributed by atoms with Crippen molar-refractivity contribution in [2.75, 3.05) is 45.7 Å². The summed E-state index contributed by atoms with van der Waals surface area (Å²) in [4.78, 5) is 13.9. The van der Waals surface area contributed by atoms with Gasteiger partial charge in [-0.05, 0) is 37.3 Å². The van der Waals surface area contributed by atoms with Gasteiger partial charge in [-0.25, -0.2) is 8.42 Å². The number of thioether (sulfide) groups is 1. The third kappa shape index (κ3) is 5.54. The van der Waals surface area contributed by atoms with Gasteiger partial charge in [0.15, 0.2) is 0 Å². The van der Waals surface area contributed by atoms with Crippen LogP contribution < -0.4 is 10.1 Å². The van der Waals surface area contributed by atoms with Crippen LogP contribution in [0.1, 0.15) is 15.9 Å². The largest absolute Gasteiger partial charge is 0.496 e. The highest BCUT2D eigenvalue weighted by atomic mass is 32.2. The maximum absolute atomic E-state index is 12.9. The second kappa shape index (κ2) is 10.3. The number of sulfonamides is 1. The normalized spacial score (nSPS) is 15.0. The maximum Gasteiger partial charge on any atom is 0.255 e. The van der Waals surface area contributed by atoms with E-state index in [9.17, 15) is 13.2 Å². The molecule has 0 aromatic heterocycles. The van der Waals surface area contributed by atoms with Gasteiger partial charge >= 0.3 is 0 Å². The van der Waals surface area contributed by atoms with Gasteiger partial charge in [-0.2, -0.15) is 4.31 Å². The molecule has 1 fully saturated rings. The SMILES string of the molecule is COc1ccc(S(=O)(=O)N2CCOCC2)cc1C(=O)NCCSc1ccc(C)cc1. The van der Waals surface area contributed by atoms with Crippen molar-refractivity contribution in [2.24, 2.45) is 0 Å². The smallest absolute Gasteiger partial charge is 0.255 e. The molecule has 0 saturated carbocycles. The second-order valence-electron chi connectivity index (χ2n) is 6.80. The Morgan fingerprint density at radius 2 is 1.87 bits per heavy atom. The van der Waals surface area contributed by atoms with Crippen molar-refractivity contribution in [3.63, 3.8) is 0 Å². The Labute approximate surface area is 181 Å². The van der Waals surface area contributed by atoms with Gasteiger partial charge in [-0.3, -0.25) is 4.79 Å². The van der Waals surface area contributed by atoms with E-state index in [0.717, 1.165) is 4.90 Å². The lowest BCUT2D eigenvalue weighted by Crippen LogP contribution is -2.40. The van der Waals surface area contributed by atoms with Crippen LogP contribution in [0.2, 0.25) is 0 Å². The van der Waals surface area contributed by atoms with Crippen LogP contribution in [0.25, 0.3) is 0 Å². The summed E-state index contributed by atoms with van der Waals surface area (Å²) in [6.45, 7) is 3.80. The number of carbonyl (C=O) groups is 1. The van der Waals surface area contributed by atoms with Crippen LogP contribution >= 0.6 is 11.8 Å². The van der Waals surface area contributed by atoms with E-state index < -0.39 is 10.0 Å². The zero-order valence-electron chi connectivity index (χ0n) is 17.1. The molecule has 7 nitrogen and oxygen atoms in total. The van der Waals surface area contributed by atoms with E-state index >= 15 is 0 Å². The minimum atomic E-state index is -3.69. The van der Waals surface area contributed by atoms with Gasteiger partial charge in [0.25, 0.3) is 5.91 Å². The van der Waals surface area contributed by atoms with Gasteiger partial charge in [0.05, 0.1) is 30.8 Å². The van der Waals surface area contributed by atoms with Crippen molar-refractivity contribution in [2.45, 2.75) is 16.7 Å². The number of morpholine rings is 1. The number of amides is 1. The van der Waals surface area contributed by atoms with Crippen LogP contribution in [0.3, 0.4) is 0 Å². The molecule has 162 valence electrons. The molecule has 1 N–H and O–H groups in total. The van der Waals surface area contributed by atoms with E-state index in [1.807, 2.05) is 31.2 Å². The first kappa shape index (κ1) is 22.6. The fourth-order valence-corrected chi connectivity index (χ4v) is 5.23. The van der Waals surface area contributed by atoms with Crippen LogP contribution in [0.15, 0.2) is 52.3 Å². The zero-order valence-corrected chi connectivity index (χ0v) is 18.7. The predicted octanol–water partition coefficient (Wildman–Crippen LogP) is 2.55. The summed E-state index contributed by atoms with van der Waals surface area (Å²) < 4.78 is 37.7. The number of rotatable bonds is 8. The summed E-state index contributed by atoms with van der Waals surface area (Å²) in [5.74, 6) is 0.665. The second-order valence-corrected chi connectivity index (χ2v) is 9.90. The molecular weight excluding hydrogens is 424 g/mol. The molecule has 1 aliphatic rings. The van der Waals surface area contributed by atoms with E-state index in [2.05, 4.69) is 5.32 Å². The van der Waals surface area contributed by atoms with Gasteiger partial charge in [0.1, 0.15) is 5.75 Å². The Bertz CT molecular complexity index is 971. The molecule has 2 aromatic rings. The number of carbonyl (C=O) groups excluding carboxylic acids is 1. The van der Waals surface area contributed by atoms with Gasteiger partial charge in [0.2, 0.25) is 10.0 Å². The molecule has 9 heteroatoms. The summed E-state index contributed by atoms with van der Waals surface area (Å²) in [7, 11) is -2.24. The summed E-state index contributed by atoms with van der Waals surface area (Å²) in [5, 5.41) is 2.85. The molecule has 0 radical (unpaired) electrons. The van der Waals surface area contributed by atoms with Crippen molar-refractivity contribution < 1.29 is 22.7 Å². The average molecular weight is 451 g/mol. The number of aryl methyl sites for hydroxylation is 1. The molecule has 0 atom stereocenters. The molecule has 0 spiro atoms. The molecule has 2 aromatic carbocycles. The standard InChI is InChI=1S/C21H26N2O5S2/c1-16-3-5-17(6-4-16)29-14-9-22-21(24)19-15-18(7-8-20(19)27-2)30(25,26)23-10-12-28-13-11-23/h3-8,15H,9-14H2,1-2H3,(H,22,24). The number of hydrogen-bond donors (Lipinski definition) is 1. The summed E-state index contributed by atoms with van der Waals surface area (Å²) >= 11 is 1.64. The van der Waals surface area contributed by atoms with Gasteiger partial charge in [0, 0.05) is 30.3 Å². The third-order valence-corrected chi connectivity index (χ3v) is 7.61. The van der Waals surface area contributed by atoms with Crippen molar-refractivity contribution in [1.82, 2.24) is 9.62 Å². The van der Waals surface area contributed by atoms with Crippen LogP contribution in [0.4, 0.5) is 0 Å². The van der Waals surface area contributed by atoms with Crippen molar-refractivity contribution in [3.8, 4) is 5.75 Å². The van der Waals surface area contributed by atoms with Gasteiger partial charge < -0.3 is 14.8 Å². The minimum absolute atomic E-state index is 0.0735. The minimum Gasteiger partial charge on any atom is -0.496 e. The molecule has 1 aliphatic heterocycles. The number of benzene rings is 2. The number of ether oxygens (including phenoxy) is 2. The fraction of sp³-hybridized carbons (Fsp3) is 0.381. The molecule has 1 amide bonds. The lowest BCUT2D eigenvalue weighted by molar-refractivity contribution is 0.0730. The maximum atomic E-state index is 12.9. The Kier molecular flexibility index (Phi) is 7.76. The Hall–Kier alpha value is -2.07. The predicted molar refractivity (Wildman–Crippen MR) is 117 cm³/mol. The molecule has 0 bridgehead atoms. The lowest BCUT2D eigenvalue weighted by Gasteiger charge is -2.26. The van der Waals surface area contributed by atoms with Crippen LogP contribution in [0.5, 0.6) is 5.75 Å². The highest BCUT2D eigenvalue weighted by Crippen LogP contribution is 2.25. The van der Waals surface area contributed by atoms with Crippen LogP contribution in [0, 0.1) is 6.92 Å². The fourth-order valence-electron chi connectivity index (χ4n) is 3.02. The van der Waals surface area contributed by atoms with Crippen LogP contribution in [-0.4, -0.2) is 64.3 Å². The molecule has 0 aliphatic carbocycles. The molecule has 1 saturated heterocycles. The molecule has 3 rings (SSSR count). The van der Waals surface area contributed by atoms with E-state index in [0.29, 0.717) is 44.4 Å². The highest BCUT2D eigenvalue weighted by molar-refractivity contribution is 7.99. The van der Waals surface area contributed by atoms with E-state index in [1.165, 1.54) is 35.2 Å². The number of hydrogen-bond acceptors (Lipinski definition) is 6. The average Bonchev–Trinajstić information content (AvgIpc) is 2.78. The summed E-state index contributed by atoms with van der Waals surface area (Å²) in [6.07, 6.45) is 0. The molecule has 30 heavy (non-hydrogen) atoms. The number of methoxy groups -OCH3 is 1. The number of nitrogens with zero attached hydrogens (tertiary/aromatic N) is 1. The Morgan fingerprint density at radius 3 is 2.53 bits per heavy atom. The number of nitrogens with one attached hydrogen (secondary N) is 1. The summed E-state index contributed by atoms with van der Waals surface area (Å²) in [6, 6.07) is 12.6. The quantitative estimate of drug-likeness (QED) is 0.492. The van der Waals surface area contributed by atoms with Gasteiger partial charge in [-0.1, -0.05) is 17.7 Å². The van der Waals surface area contributed by atoms with Crippen molar-refractivity contribution in [3.05, 3.63) is 53.6 Å². The van der Waals surface area contributed by atoms with E-state index in [-0.39, 0.29) is 16.4 Å². The monoisotopic (exact) mass is 450 g/mol. The highest BCUT2D eigenvalue weighted by Gasteiger charge is 2.28. The Balaban J connectivity index is 1.66. The first-order chi connectivity index (χ1) is 14.4. The summed E-state index contributed by atoms with van der Waals surface area (Å²) in [5.41, 5.74) is 1.40. The first-order valence-electron chi connectivity index (χ1n) is 9.65. The van der Waals surface area contributed by atoms with E-state index in [4.69, 9.17) is 9.47 Å². The van der Waals surface area contributed by atoms with E-state index in [1.54, 1.807) is 11.8 Å². The Morgan fingerprint density at radius 1 is 1.17 bits per heavy atom. The topological polar surface area (TPSA) is 84.9 Å². The lowest BCUT2D eigenvalue weighted by atomic mass is 10.2.